The van der Waals surface area contributed by atoms with Crippen LogP contribution in [0, 0.1) is 0 Å². The first-order chi connectivity index (χ1) is 40.7. The quantitative estimate of drug-likeness (QED) is 0.124. The van der Waals surface area contributed by atoms with Crippen molar-refractivity contribution in [1.29, 1.82) is 0 Å². The highest BCUT2D eigenvalue weighted by Crippen LogP contribution is 2.63. The minimum atomic E-state index is -0.634. The van der Waals surface area contributed by atoms with E-state index >= 15 is 0 Å². The Morgan fingerprint density at radius 1 is 0.378 bits per heavy atom. The Morgan fingerprint density at radius 2 is 0.902 bits per heavy atom. The second-order valence-corrected chi connectivity index (χ2v) is 21.9. The molecule has 2 nitrogen and oxygen atoms in total. The zero-order valence-corrected chi connectivity index (χ0v) is 45.1. The molecule has 12 aromatic carbocycles. The predicted molar refractivity (Wildman–Crippen MR) is 342 cm³/mol. The number of para-hydroxylation sites is 3. The van der Waals surface area contributed by atoms with Crippen LogP contribution in [-0.4, -0.2) is 4.57 Å². The number of rotatable bonds is 10. The maximum absolute atomic E-state index is 4.17. The Hall–Kier alpha value is -10.5. The predicted octanol–water partition coefficient (Wildman–Crippen LogP) is 20.1. The van der Waals surface area contributed by atoms with Gasteiger partial charge in [-0.05, 0) is 131 Å². The molecule has 0 saturated heterocycles. The smallest absolute Gasteiger partial charge is 0.0754 e. The fraction of sp³-hybridized carbons (Fsp3) is 0.0250. The molecule has 1 atom stereocenters. The second kappa shape index (κ2) is 18.8. The molecular formula is C80H54N2. The van der Waals surface area contributed by atoms with Gasteiger partial charge in [-0.2, -0.15) is 0 Å². The number of nitrogens with zero attached hydrogens (tertiary/aromatic N) is 2. The molecule has 0 saturated carbocycles. The molecule has 16 rings (SSSR count). The van der Waals surface area contributed by atoms with Gasteiger partial charge in [0.05, 0.1) is 38.9 Å². The molecule has 1 spiro atoms. The van der Waals surface area contributed by atoms with Crippen molar-refractivity contribution in [1.82, 2.24) is 4.57 Å². The van der Waals surface area contributed by atoms with Crippen LogP contribution in [0.4, 0.5) is 11.4 Å². The van der Waals surface area contributed by atoms with Crippen LogP contribution in [0.25, 0.3) is 77.7 Å². The summed E-state index contributed by atoms with van der Waals surface area (Å²) >= 11 is 0. The van der Waals surface area contributed by atoms with E-state index < -0.39 is 10.8 Å². The molecule has 3 aliphatic rings. The number of hydrogen-bond acceptors (Lipinski definition) is 1. The van der Waals surface area contributed by atoms with Gasteiger partial charge in [0.2, 0.25) is 0 Å². The van der Waals surface area contributed by atoms with Gasteiger partial charge in [0, 0.05) is 22.0 Å². The van der Waals surface area contributed by atoms with Gasteiger partial charge in [0.1, 0.15) is 0 Å². The van der Waals surface area contributed by atoms with Gasteiger partial charge in [-0.1, -0.05) is 280 Å². The first-order valence-corrected chi connectivity index (χ1v) is 28.4. The summed E-state index contributed by atoms with van der Waals surface area (Å²) in [6.45, 7) is 4.17. The lowest BCUT2D eigenvalue weighted by molar-refractivity contribution is 0.748. The number of allylic oxidation sites excluding steroid dienone is 4. The summed E-state index contributed by atoms with van der Waals surface area (Å²) in [5, 5.41) is 2.53. The SMILES string of the molecule is C=C/C=C\C=C(\c1ccc2c(c1)C1(c3ccccc3-2)c2ccccc2-n2c3ccccc3c3cccc1c32)N(c1ccc(-c2ccc(-c3ccccc3)cc2)cc1)c1cccc2c1-c1ccccc1C2(c1ccccc1)c1ccccc1. The molecule has 82 heavy (non-hydrogen) atoms. The first-order valence-electron chi connectivity index (χ1n) is 28.4. The second-order valence-electron chi connectivity index (χ2n) is 21.9. The molecule has 2 heteroatoms. The van der Waals surface area contributed by atoms with Crippen LogP contribution >= 0.6 is 0 Å². The van der Waals surface area contributed by atoms with E-state index in [1.165, 1.54) is 105 Å². The number of anilines is 2. The Labute approximate surface area is 478 Å². The summed E-state index contributed by atoms with van der Waals surface area (Å²) in [5.41, 5.74) is 26.5. The highest BCUT2D eigenvalue weighted by atomic mass is 15.2. The summed E-state index contributed by atoms with van der Waals surface area (Å²) in [7, 11) is 0. The third-order valence-corrected chi connectivity index (χ3v) is 17.9. The standard InChI is InChI=1S/C80H54N2/c1-2-3-7-39-73(58-49-52-63-62-30-14-17-34-67(62)80(72(63)53-58)69-36-19-21-41-75(69)82-74-40-20-16-31-64(74)65-33-22-38-71(80)78(65)82)81(61-50-47-57(48-51-61)56-45-43-55(44-46-56)54-24-8-4-9-25-54)76-42-23-37-70-77(76)66-32-15-18-35-68(66)79(70,59-26-10-5-11-27-59)60-28-12-6-13-29-60/h2-53H,1H2/b7-3-,73-39-. The molecule has 1 aliphatic heterocycles. The molecule has 2 aliphatic carbocycles. The first kappa shape index (κ1) is 47.5. The van der Waals surface area contributed by atoms with Gasteiger partial charge in [0.15, 0.2) is 0 Å². The van der Waals surface area contributed by atoms with Crippen molar-refractivity contribution in [2.75, 3.05) is 4.90 Å². The fourth-order valence-electron chi connectivity index (χ4n) is 14.6. The summed E-state index contributed by atoms with van der Waals surface area (Å²) in [5.74, 6) is 0. The van der Waals surface area contributed by atoms with Crippen LogP contribution in [-0.2, 0) is 10.8 Å². The molecule has 2 heterocycles. The van der Waals surface area contributed by atoms with Gasteiger partial charge >= 0.3 is 0 Å². The van der Waals surface area contributed by atoms with E-state index in [1.807, 2.05) is 12.2 Å². The van der Waals surface area contributed by atoms with Crippen molar-refractivity contribution in [2.24, 2.45) is 0 Å². The monoisotopic (exact) mass is 1040 g/mol. The molecule has 384 valence electrons. The van der Waals surface area contributed by atoms with Crippen molar-refractivity contribution in [3.8, 4) is 50.2 Å². The van der Waals surface area contributed by atoms with E-state index in [2.05, 4.69) is 319 Å². The third kappa shape index (κ3) is 6.76. The Balaban J connectivity index is 0.961. The average Bonchev–Trinajstić information content (AvgIpc) is 2.79. The fourth-order valence-corrected chi connectivity index (χ4v) is 14.6. The van der Waals surface area contributed by atoms with Crippen molar-refractivity contribution in [2.45, 2.75) is 10.8 Å². The molecule has 0 radical (unpaired) electrons. The van der Waals surface area contributed by atoms with E-state index in [9.17, 15) is 0 Å². The van der Waals surface area contributed by atoms with Crippen molar-refractivity contribution in [3.05, 3.63) is 372 Å². The molecule has 0 fully saturated rings. The van der Waals surface area contributed by atoms with E-state index in [4.69, 9.17) is 0 Å². The van der Waals surface area contributed by atoms with Crippen LogP contribution in [0.1, 0.15) is 50.1 Å². The number of benzene rings is 12. The normalized spacial score (nSPS) is 15.0. The Kier molecular flexibility index (Phi) is 10.9. The van der Waals surface area contributed by atoms with E-state index in [-0.39, 0.29) is 0 Å². The number of fused-ring (bicyclic) bond motifs is 15. The zero-order chi connectivity index (χ0) is 54.4. The lowest BCUT2D eigenvalue weighted by atomic mass is 9.65. The summed E-state index contributed by atoms with van der Waals surface area (Å²) < 4.78 is 2.53. The molecule has 13 aromatic rings. The third-order valence-electron chi connectivity index (χ3n) is 17.9. The van der Waals surface area contributed by atoms with Gasteiger partial charge in [-0.15, -0.1) is 0 Å². The van der Waals surface area contributed by atoms with Crippen molar-refractivity contribution in [3.63, 3.8) is 0 Å². The van der Waals surface area contributed by atoms with E-state index in [1.54, 1.807) is 0 Å². The molecular weight excluding hydrogens is 989 g/mol. The zero-order valence-electron chi connectivity index (χ0n) is 45.1. The molecule has 0 amide bonds. The van der Waals surface area contributed by atoms with Crippen LogP contribution < -0.4 is 4.90 Å². The molecule has 1 aromatic heterocycles. The molecule has 0 bridgehead atoms. The lowest BCUT2D eigenvalue weighted by Gasteiger charge is -2.40. The van der Waals surface area contributed by atoms with E-state index in [0.717, 1.165) is 33.8 Å². The Bertz CT molecular complexity index is 4690. The number of hydrogen-bond donors (Lipinski definition) is 0. The van der Waals surface area contributed by atoms with Gasteiger partial charge in [-0.25, -0.2) is 0 Å². The van der Waals surface area contributed by atoms with Gasteiger partial charge in [0.25, 0.3) is 0 Å². The van der Waals surface area contributed by atoms with Crippen LogP contribution in [0.3, 0.4) is 0 Å². The molecule has 1 unspecified atom stereocenters. The minimum Gasteiger partial charge on any atom is -0.309 e. The summed E-state index contributed by atoms with van der Waals surface area (Å²) in [6.07, 6.45) is 8.36. The maximum atomic E-state index is 4.17. The number of aromatic nitrogens is 1. The van der Waals surface area contributed by atoms with E-state index in [0.29, 0.717) is 0 Å². The molecule has 0 N–H and O–H groups in total. The highest BCUT2D eigenvalue weighted by molar-refractivity contribution is 6.13. The van der Waals surface area contributed by atoms with Gasteiger partial charge in [-0.3, -0.25) is 0 Å². The van der Waals surface area contributed by atoms with Crippen molar-refractivity contribution >= 4 is 38.9 Å². The van der Waals surface area contributed by atoms with Crippen molar-refractivity contribution < 1.29 is 0 Å². The van der Waals surface area contributed by atoms with Crippen LogP contribution in [0.2, 0.25) is 0 Å². The lowest BCUT2D eigenvalue weighted by Crippen LogP contribution is -2.33. The topological polar surface area (TPSA) is 8.17 Å². The largest absolute Gasteiger partial charge is 0.309 e. The summed E-state index contributed by atoms with van der Waals surface area (Å²) in [4.78, 5) is 2.53. The summed E-state index contributed by atoms with van der Waals surface area (Å²) in [6, 6.07) is 109. The van der Waals surface area contributed by atoms with Crippen LogP contribution in [0.5, 0.6) is 0 Å². The highest BCUT2D eigenvalue weighted by Gasteiger charge is 2.52. The average molecular weight is 1040 g/mol. The Morgan fingerprint density at radius 3 is 1.61 bits per heavy atom. The van der Waals surface area contributed by atoms with Gasteiger partial charge < -0.3 is 9.47 Å². The van der Waals surface area contributed by atoms with Crippen LogP contribution in [0.15, 0.2) is 322 Å². The minimum absolute atomic E-state index is 0.595. The maximum Gasteiger partial charge on any atom is 0.0754 e.